The maximum Gasteiger partial charge on any atom is 0.268 e. The van der Waals surface area contributed by atoms with Gasteiger partial charge in [-0.3, -0.25) is 14.5 Å². The summed E-state index contributed by atoms with van der Waals surface area (Å²) in [5, 5.41) is 3.15. The molecule has 1 aromatic heterocycles. The van der Waals surface area contributed by atoms with Gasteiger partial charge in [0.15, 0.2) is 5.78 Å². The van der Waals surface area contributed by atoms with E-state index in [4.69, 9.17) is 4.74 Å². The molecule has 1 atom stereocenters. The third kappa shape index (κ3) is 4.27. The van der Waals surface area contributed by atoms with Crippen molar-refractivity contribution >= 4 is 11.7 Å². The van der Waals surface area contributed by atoms with Crippen LogP contribution in [0.15, 0.2) is 0 Å². The van der Waals surface area contributed by atoms with Gasteiger partial charge in [0.05, 0.1) is 13.2 Å². The first-order valence-electron chi connectivity index (χ1n) is 10.4. The normalized spacial score (nSPS) is 19.2. The molecular weight excluding hydrogens is 342 g/mol. The van der Waals surface area contributed by atoms with Crippen LogP contribution in [0.1, 0.15) is 71.6 Å². The number of morpholine rings is 1. The third-order valence-corrected chi connectivity index (χ3v) is 6.24. The lowest BCUT2D eigenvalue weighted by Crippen LogP contribution is -2.52. The molecule has 1 aromatic rings. The first kappa shape index (κ1) is 20.1. The first-order valence-corrected chi connectivity index (χ1v) is 10.4. The summed E-state index contributed by atoms with van der Waals surface area (Å²) < 4.78 is 5.50. The zero-order chi connectivity index (χ0) is 19.4. The van der Waals surface area contributed by atoms with Gasteiger partial charge in [-0.25, -0.2) is 0 Å². The predicted octanol–water partition coefficient (Wildman–Crippen LogP) is 2.71. The van der Waals surface area contributed by atoms with Crippen molar-refractivity contribution in [3.05, 3.63) is 22.5 Å². The van der Waals surface area contributed by atoms with Crippen molar-refractivity contribution in [1.82, 2.24) is 15.2 Å². The van der Waals surface area contributed by atoms with E-state index in [1.54, 1.807) is 0 Å². The Morgan fingerprint density at radius 1 is 1.22 bits per heavy atom. The van der Waals surface area contributed by atoms with Crippen LogP contribution in [-0.2, 0) is 11.2 Å². The van der Waals surface area contributed by atoms with Crippen LogP contribution in [0.3, 0.4) is 0 Å². The van der Waals surface area contributed by atoms with Gasteiger partial charge >= 0.3 is 0 Å². The maximum absolute atomic E-state index is 12.9. The molecule has 1 fully saturated rings. The Bertz CT molecular complexity index is 672. The topological polar surface area (TPSA) is 74.4 Å². The number of aryl methyl sites for hydroxylation is 1. The van der Waals surface area contributed by atoms with E-state index in [0.29, 0.717) is 30.6 Å². The van der Waals surface area contributed by atoms with Crippen molar-refractivity contribution < 1.29 is 14.3 Å². The summed E-state index contributed by atoms with van der Waals surface area (Å²) in [7, 11) is 0. The summed E-state index contributed by atoms with van der Waals surface area (Å²) in [6.45, 7) is 10.3. The van der Waals surface area contributed by atoms with Crippen LogP contribution in [0.25, 0.3) is 0 Å². The molecule has 1 unspecified atom stereocenters. The van der Waals surface area contributed by atoms with Crippen molar-refractivity contribution in [2.24, 2.45) is 5.92 Å². The Morgan fingerprint density at radius 3 is 2.56 bits per heavy atom. The number of aromatic nitrogens is 1. The number of hydrogen-bond donors (Lipinski definition) is 2. The van der Waals surface area contributed by atoms with E-state index in [1.165, 1.54) is 0 Å². The summed E-state index contributed by atoms with van der Waals surface area (Å²) >= 11 is 0. The third-order valence-electron chi connectivity index (χ3n) is 6.24. The zero-order valence-electron chi connectivity index (χ0n) is 16.9. The minimum absolute atomic E-state index is 0.0982. The number of amides is 1. The Balaban J connectivity index is 1.71. The van der Waals surface area contributed by atoms with Gasteiger partial charge < -0.3 is 15.0 Å². The molecule has 2 heterocycles. The van der Waals surface area contributed by atoms with Crippen LogP contribution in [0.5, 0.6) is 0 Å². The van der Waals surface area contributed by atoms with Gasteiger partial charge in [0.25, 0.3) is 5.91 Å². The monoisotopic (exact) mass is 375 g/mol. The van der Waals surface area contributed by atoms with Gasteiger partial charge in [0, 0.05) is 43.4 Å². The largest absolute Gasteiger partial charge is 0.379 e. The van der Waals surface area contributed by atoms with Crippen LogP contribution in [0.4, 0.5) is 0 Å². The molecule has 150 valence electrons. The number of H-pyrrole nitrogens is 1. The molecule has 1 aliphatic heterocycles. The van der Waals surface area contributed by atoms with E-state index >= 15 is 0 Å². The van der Waals surface area contributed by atoms with Crippen molar-refractivity contribution in [2.75, 3.05) is 32.8 Å². The standard InChI is InChI=1S/C21H33N3O3/c1-4-15(5-2)17(24-9-11-27-12-10-24)13-22-21(26)20-14(3)19-16(23-20)7-6-8-18(19)25/h15,17,23H,4-13H2,1-3H3,(H,22,26). The number of nitrogens with one attached hydrogen (secondary N) is 2. The fraction of sp³-hybridized carbons (Fsp3) is 0.714. The Morgan fingerprint density at radius 2 is 1.93 bits per heavy atom. The molecule has 0 bridgehead atoms. The lowest BCUT2D eigenvalue weighted by atomic mass is 9.92. The number of rotatable bonds is 7. The van der Waals surface area contributed by atoms with Gasteiger partial charge in [-0.2, -0.15) is 0 Å². The fourth-order valence-electron chi connectivity index (χ4n) is 4.62. The van der Waals surface area contributed by atoms with Crippen LogP contribution in [0.2, 0.25) is 0 Å². The summed E-state index contributed by atoms with van der Waals surface area (Å²) in [6.07, 6.45) is 4.48. The molecule has 27 heavy (non-hydrogen) atoms. The Kier molecular flexibility index (Phi) is 6.71. The van der Waals surface area contributed by atoms with Gasteiger partial charge in [-0.1, -0.05) is 26.7 Å². The number of fused-ring (bicyclic) bond motifs is 1. The molecule has 2 aliphatic rings. The molecule has 3 rings (SSSR count). The maximum atomic E-state index is 12.9. The number of aromatic amines is 1. The average molecular weight is 376 g/mol. The van der Waals surface area contributed by atoms with Crippen LogP contribution in [0, 0.1) is 12.8 Å². The number of carbonyl (C=O) groups excluding carboxylic acids is 2. The Hall–Kier alpha value is -1.66. The zero-order valence-corrected chi connectivity index (χ0v) is 16.9. The smallest absolute Gasteiger partial charge is 0.268 e. The molecule has 0 radical (unpaired) electrons. The van der Waals surface area contributed by atoms with Gasteiger partial charge in [0.2, 0.25) is 0 Å². The predicted molar refractivity (Wildman–Crippen MR) is 105 cm³/mol. The van der Waals surface area contributed by atoms with Crippen LogP contribution < -0.4 is 5.32 Å². The van der Waals surface area contributed by atoms with Gasteiger partial charge in [-0.15, -0.1) is 0 Å². The Labute approximate surface area is 162 Å². The summed E-state index contributed by atoms with van der Waals surface area (Å²) in [6, 6.07) is 0.319. The molecule has 0 spiro atoms. The molecule has 6 heteroatoms. The van der Waals surface area contributed by atoms with Crippen molar-refractivity contribution in [1.29, 1.82) is 0 Å². The molecular formula is C21H33N3O3. The highest BCUT2D eigenvalue weighted by Crippen LogP contribution is 2.26. The lowest BCUT2D eigenvalue weighted by Gasteiger charge is -2.38. The molecule has 6 nitrogen and oxygen atoms in total. The number of carbonyl (C=O) groups is 2. The SMILES string of the molecule is CCC(CC)C(CNC(=O)c1[nH]c2c(c1C)C(=O)CCC2)N1CCOCC1. The summed E-state index contributed by atoms with van der Waals surface area (Å²) in [5.41, 5.74) is 3.04. The number of ketones is 1. The molecule has 1 saturated heterocycles. The molecule has 2 N–H and O–H groups in total. The van der Waals surface area contributed by atoms with Crippen LogP contribution >= 0.6 is 0 Å². The number of Topliss-reactive ketones (excluding diaryl/α,β-unsaturated/α-hetero) is 1. The van der Waals surface area contributed by atoms with E-state index in [0.717, 1.165) is 68.8 Å². The summed E-state index contributed by atoms with van der Waals surface area (Å²) in [4.78, 5) is 30.8. The number of hydrogen-bond acceptors (Lipinski definition) is 4. The lowest BCUT2D eigenvalue weighted by molar-refractivity contribution is 0.00190. The minimum atomic E-state index is -0.0982. The fourth-order valence-corrected chi connectivity index (χ4v) is 4.62. The van der Waals surface area contributed by atoms with E-state index in [9.17, 15) is 9.59 Å². The molecule has 0 aromatic carbocycles. The second kappa shape index (κ2) is 9.02. The van der Waals surface area contributed by atoms with Gasteiger partial charge in [0.1, 0.15) is 5.69 Å². The number of ether oxygens (including phenoxy) is 1. The van der Waals surface area contributed by atoms with Crippen molar-refractivity contribution in [3.63, 3.8) is 0 Å². The van der Waals surface area contributed by atoms with Gasteiger partial charge in [-0.05, 0) is 31.2 Å². The van der Waals surface area contributed by atoms with Crippen molar-refractivity contribution in [3.8, 4) is 0 Å². The number of nitrogens with zero attached hydrogens (tertiary/aromatic N) is 1. The first-order chi connectivity index (χ1) is 13.1. The summed E-state index contributed by atoms with van der Waals surface area (Å²) in [5.74, 6) is 0.606. The molecule has 0 saturated carbocycles. The second-order valence-electron chi connectivity index (χ2n) is 7.76. The highest BCUT2D eigenvalue weighted by Gasteiger charge is 2.29. The van der Waals surface area contributed by atoms with E-state index in [2.05, 4.69) is 29.0 Å². The van der Waals surface area contributed by atoms with Crippen LogP contribution in [-0.4, -0.2) is 60.5 Å². The quantitative estimate of drug-likeness (QED) is 0.768. The van der Waals surface area contributed by atoms with E-state index in [1.807, 2.05) is 6.92 Å². The van der Waals surface area contributed by atoms with E-state index in [-0.39, 0.29) is 11.7 Å². The highest BCUT2D eigenvalue weighted by molar-refractivity contribution is 6.04. The second-order valence-corrected chi connectivity index (χ2v) is 7.76. The highest BCUT2D eigenvalue weighted by atomic mass is 16.5. The average Bonchev–Trinajstić information content (AvgIpc) is 3.03. The van der Waals surface area contributed by atoms with Crippen molar-refractivity contribution in [2.45, 2.75) is 58.9 Å². The molecule has 1 amide bonds. The molecule has 1 aliphatic carbocycles. The minimum Gasteiger partial charge on any atom is -0.379 e. The van der Waals surface area contributed by atoms with E-state index < -0.39 is 0 Å².